The molecule has 0 bridgehead atoms. The summed E-state index contributed by atoms with van der Waals surface area (Å²) in [5, 5.41) is 0. The van der Waals surface area contributed by atoms with Crippen LogP contribution in [-0.4, -0.2) is 22.5 Å². The van der Waals surface area contributed by atoms with Gasteiger partial charge in [0.25, 0.3) is 3.91 Å². The highest BCUT2D eigenvalue weighted by atomic mass is 127. The molecule has 1 amide bonds. The molecule has 3 rings (SSSR count). The minimum Gasteiger partial charge on any atom is -0.497 e. The van der Waals surface area contributed by atoms with Crippen LogP contribution in [0.1, 0.15) is 17.5 Å². The van der Waals surface area contributed by atoms with E-state index >= 15 is 0 Å². The number of carbonyl (C=O) groups is 1. The molecule has 0 aliphatic carbocycles. The van der Waals surface area contributed by atoms with Gasteiger partial charge in [-0.15, -0.1) is 0 Å². The van der Waals surface area contributed by atoms with Gasteiger partial charge in [0, 0.05) is 35.7 Å². The topological polar surface area (TPSA) is 29.5 Å². The number of carbonyl (C=O) groups excluding carboxylic acids is 1. The summed E-state index contributed by atoms with van der Waals surface area (Å²) in [5.41, 5.74) is 4.97. The lowest BCUT2D eigenvalue weighted by Gasteiger charge is -2.17. The zero-order valence-corrected chi connectivity index (χ0v) is 14.7. The molecule has 1 aliphatic heterocycles. The van der Waals surface area contributed by atoms with Gasteiger partial charge in [0.2, 0.25) is 0 Å². The first-order chi connectivity index (χ1) is 10.7. The summed E-state index contributed by atoms with van der Waals surface area (Å²) in [4.78, 5) is 13.5. The van der Waals surface area contributed by atoms with E-state index in [2.05, 4.69) is 30.3 Å². The Bertz CT molecular complexity index is 699. The zero-order valence-electron chi connectivity index (χ0n) is 12.5. The quantitative estimate of drug-likeness (QED) is 0.412. The van der Waals surface area contributed by atoms with Crippen LogP contribution in [-0.2, 0) is 13.0 Å². The second kappa shape index (κ2) is 6.69. The lowest BCUT2D eigenvalue weighted by molar-refractivity contribution is 0.224. The van der Waals surface area contributed by atoms with Gasteiger partial charge in [-0.3, -0.25) is 4.79 Å². The first-order valence-corrected chi connectivity index (χ1v) is 8.46. The molecule has 114 valence electrons. The fourth-order valence-electron chi connectivity index (χ4n) is 2.89. The molecule has 1 aliphatic rings. The van der Waals surface area contributed by atoms with E-state index in [1.54, 1.807) is 7.11 Å². The molecule has 0 spiro atoms. The molecule has 0 saturated carbocycles. The lowest BCUT2D eigenvalue weighted by atomic mass is 9.97. The number of hydrogen-bond acceptors (Lipinski definition) is 2. The van der Waals surface area contributed by atoms with Crippen molar-refractivity contribution in [3.05, 3.63) is 53.6 Å². The Labute approximate surface area is 144 Å². The van der Waals surface area contributed by atoms with E-state index in [0.717, 1.165) is 37.2 Å². The summed E-state index contributed by atoms with van der Waals surface area (Å²) < 4.78 is 5.43. The van der Waals surface area contributed by atoms with Gasteiger partial charge in [0.1, 0.15) is 5.75 Å². The molecular formula is C18H18INO2. The molecule has 4 heteroatoms. The second-order valence-corrected chi connectivity index (χ2v) is 6.42. The average molecular weight is 407 g/mol. The number of rotatable bonds is 2. The van der Waals surface area contributed by atoms with Gasteiger partial charge in [-0.25, -0.2) is 0 Å². The third-order valence-electron chi connectivity index (χ3n) is 4.09. The minimum atomic E-state index is 0.127. The van der Waals surface area contributed by atoms with Gasteiger partial charge in [0.05, 0.1) is 7.11 Å². The Hall–Kier alpha value is -1.56. The van der Waals surface area contributed by atoms with E-state index in [1.165, 1.54) is 16.7 Å². The molecule has 0 atom stereocenters. The minimum absolute atomic E-state index is 0.127. The van der Waals surface area contributed by atoms with Crippen molar-refractivity contribution in [2.24, 2.45) is 0 Å². The fourth-order valence-corrected chi connectivity index (χ4v) is 3.30. The zero-order chi connectivity index (χ0) is 15.5. The van der Waals surface area contributed by atoms with Crippen molar-refractivity contribution < 1.29 is 9.53 Å². The third kappa shape index (κ3) is 3.27. The molecule has 0 unspecified atom stereocenters. The van der Waals surface area contributed by atoms with Crippen molar-refractivity contribution in [1.29, 1.82) is 0 Å². The van der Waals surface area contributed by atoms with Crippen LogP contribution in [0.5, 0.6) is 5.75 Å². The molecule has 1 heterocycles. The Morgan fingerprint density at radius 2 is 1.95 bits per heavy atom. The number of fused-ring (bicyclic) bond motifs is 1. The van der Waals surface area contributed by atoms with Crippen molar-refractivity contribution in [3.63, 3.8) is 0 Å². The van der Waals surface area contributed by atoms with E-state index < -0.39 is 0 Å². The molecule has 3 nitrogen and oxygen atoms in total. The molecule has 0 saturated heterocycles. The monoisotopic (exact) mass is 407 g/mol. The fraction of sp³-hybridized carbons (Fsp3) is 0.278. The van der Waals surface area contributed by atoms with Crippen LogP contribution in [0.25, 0.3) is 11.1 Å². The Kier molecular flexibility index (Phi) is 4.66. The maximum absolute atomic E-state index is 11.6. The number of benzene rings is 2. The van der Waals surface area contributed by atoms with Crippen LogP contribution >= 0.6 is 22.6 Å². The molecule has 0 aromatic heterocycles. The van der Waals surface area contributed by atoms with E-state index in [-0.39, 0.29) is 3.91 Å². The Morgan fingerprint density at radius 3 is 2.73 bits per heavy atom. The maximum Gasteiger partial charge on any atom is 0.283 e. The van der Waals surface area contributed by atoms with Crippen molar-refractivity contribution >= 4 is 26.5 Å². The number of ether oxygens (including phenoxy) is 1. The van der Waals surface area contributed by atoms with Gasteiger partial charge in [-0.05, 0) is 47.2 Å². The van der Waals surface area contributed by atoms with E-state index in [9.17, 15) is 4.79 Å². The van der Waals surface area contributed by atoms with E-state index in [4.69, 9.17) is 4.74 Å². The number of nitrogens with zero attached hydrogens (tertiary/aromatic N) is 1. The Morgan fingerprint density at radius 1 is 1.14 bits per heavy atom. The van der Waals surface area contributed by atoms with Gasteiger partial charge in [0.15, 0.2) is 0 Å². The number of methoxy groups -OCH3 is 1. The summed E-state index contributed by atoms with van der Waals surface area (Å²) >= 11 is 1.87. The van der Waals surface area contributed by atoms with E-state index in [0.29, 0.717) is 0 Å². The van der Waals surface area contributed by atoms with Crippen molar-refractivity contribution in [2.45, 2.75) is 19.4 Å². The number of aryl methyl sites for hydroxylation is 1. The lowest BCUT2D eigenvalue weighted by Crippen LogP contribution is -2.25. The first-order valence-electron chi connectivity index (χ1n) is 7.38. The summed E-state index contributed by atoms with van der Waals surface area (Å²) in [5.74, 6) is 0.870. The highest BCUT2D eigenvalue weighted by Crippen LogP contribution is 2.28. The van der Waals surface area contributed by atoms with Crippen molar-refractivity contribution in [3.8, 4) is 16.9 Å². The SMILES string of the molecule is COc1cccc(-c2ccc3c(c2)CCCN(C(=O)I)C3)c1. The van der Waals surface area contributed by atoms with Crippen LogP contribution in [0.3, 0.4) is 0 Å². The summed E-state index contributed by atoms with van der Waals surface area (Å²) in [6.07, 6.45) is 2.04. The number of amides is 1. The normalized spacial score (nSPS) is 14.2. The predicted molar refractivity (Wildman–Crippen MR) is 96.6 cm³/mol. The van der Waals surface area contributed by atoms with Gasteiger partial charge < -0.3 is 9.64 Å². The molecule has 0 fully saturated rings. The van der Waals surface area contributed by atoms with Crippen molar-refractivity contribution in [1.82, 2.24) is 4.90 Å². The molecule has 2 aromatic carbocycles. The highest BCUT2D eigenvalue weighted by molar-refractivity contribution is 14.1. The molecule has 0 radical (unpaired) electrons. The largest absolute Gasteiger partial charge is 0.497 e. The predicted octanol–water partition coefficient (Wildman–Crippen LogP) is 4.67. The van der Waals surface area contributed by atoms with Crippen LogP contribution in [0, 0.1) is 0 Å². The van der Waals surface area contributed by atoms with Crippen molar-refractivity contribution in [2.75, 3.05) is 13.7 Å². The highest BCUT2D eigenvalue weighted by Gasteiger charge is 2.17. The third-order valence-corrected chi connectivity index (χ3v) is 4.78. The van der Waals surface area contributed by atoms with Crippen LogP contribution < -0.4 is 4.74 Å². The molecule has 22 heavy (non-hydrogen) atoms. The molecular weight excluding hydrogens is 389 g/mol. The molecule has 0 N–H and O–H groups in total. The smallest absolute Gasteiger partial charge is 0.283 e. The maximum atomic E-state index is 11.6. The summed E-state index contributed by atoms with van der Waals surface area (Å²) in [7, 11) is 1.69. The van der Waals surface area contributed by atoms with Crippen LogP contribution in [0.2, 0.25) is 0 Å². The standard InChI is InChI=1S/C18H18INO2/c1-22-17-6-2-4-14(11-17)15-7-8-16-12-20(18(19)21)9-3-5-13(16)10-15/h2,4,6-8,10-11H,3,5,9,12H2,1H3. The Balaban J connectivity index is 1.93. The van der Waals surface area contributed by atoms with Gasteiger partial charge >= 0.3 is 0 Å². The average Bonchev–Trinajstić information content (AvgIpc) is 2.76. The van der Waals surface area contributed by atoms with Crippen LogP contribution in [0.15, 0.2) is 42.5 Å². The van der Waals surface area contributed by atoms with Crippen LogP contribution in [0.4, 0.5) is 4.79 Å². The number of hydrogen-bond donors (Lipinski definition) is 0. The summed E-state index contributed by atoms with van der Waals surface area (Å²) in [6, 6.07) is 14.7. The van der Waals surface area contributed by atoms with Gasteiger partial charge in [-0.2, -0.15) is 0 Å². The second-order valence-electron chi connectivity index (χ2n) is 5.49. The first kappa shape index (κ1) is 15.3. The van der Waals surface area contributed by atoms with E-state index in [1.807, 2.05) is 39.6 Å². The van der Waals surface area contributed by atoms with Gasteiger partial charge in [-0.1, -0.05) is 30.3 Å². The number of halogens is 1. The molecule has 2 aromatic rings. The summed E-state index contributed by atoms with van der Waals surface area (Å²) in [6.45, 7) is 1.56.